The SMILES string of the molecule is Cc1ccc(C=NNC(=O)C(=O)NN=Cc2ccc(C)s2)s1. The second kappa shape index (κ2) is 7.62. The number of nitrogens with one attached hydrogen (secondary N) is 2. The topological polar surface area (TPSA) is 82.9 Å². The van der Waals surface area contributed by atoms with Gasteiger partial charge in [-0.05, 0) is 38.1 Å². The molecule has 22 heavy (non-hydrogen) atoms. The predicted molar refractivity (Wildman–Crippen MR) is 89.6 cm³/mol. The number of nitrogens with zero attached hydrogens (tertiary/aromatic N) is 2. The zero-order chi connectivity index (χ0) is 15.9. The van der Waals surface area contributed by atoms with Crippen LogP contribution in [0.3, 0.4) is 0 Å². The van der Waals surface area contributed by atoms with Crippen molar-refractivity contribution >= 4 is 46.9 Å². The van der Waals surface area contributed by atoms with E-state index in [0.29, 0.717) is 0 Å². The molecule has 0 unspecified atom stereocenters. The van der Waals surface area contributed by atoms with Crippen molar-refractivity contribution in [2.75, 3.05) is 0 Å². The van der Waals surface area contributed by atoms with E-state index in [0.717, 1.165) is 19.5 Å². The van der Waals surface area contributed by atoms with E-state index in [1.807, 2.05) is 38.1 Å². The number of rotatable bonds is 4. The lowest BCUT2D eigenvalue weighted by Gasteiger charge is -1.97. The summed E-state index contributed by atoms with van der Waals surface area (Å²) >= 11 is 3.08. The lowest BCUT2D eigenvalue weighted by Crippen LogP contribution is -2.35. The smallest absolute Gasteiger partial charge is 0.262 e. The quantitative estimate of drug-likeness (QED) is 0.509. The molecule has 2 N–H and O–H groups in total. The van der Waals surface area contributed by atoms with Crippen LogP contribution in [-0.4, -0.2) is 24.2 Å². The second-order valence-corrected chi connectivity index (χ2v) is 6.93. The average Bonchev–Trinajstić information content (AvgIpc) is 3.07. The van der Waals surface area contributed by atoms with Crippen molar-refractivity contribution in [2.45, 2.75) is 13.8 Å². The van der Waals surface area contributed by atoms with Gasteiger partial charge in [-0.25, -0.2) is 10.9 Å². The highest BCUT2D eigenvalue weighted by atomic mass is 32.1. The fraction of sp³-hybridized carbons (Fsp3) is 0.143. The Kier molecular flexibility index (Phi) is 5.56. The van der Waals surface area contributed by atoms with Crippen LogP contribution in [0, 0.1) is 13.8 Å². The minimum Gasteiger partial charge on any atom is -0.262 e. The monoisotopic (exact) mass is 334 g/mol. The Labute approximate surface area is 135 Å². The maximum Gasteiger partial charge on any atom is 0.331 e. The lowest BCUT2D eigenvalue weighted by atomic mass is 10.4. The summed E-state index contributed by atoms with van der Waals surface area (Å²) in [5, 5.41) is 7.44. The van der Waals surface area contributed by atoms with E-state index in [4.69, 9.17) is 0 Å². The first-order chi connectivity index (χ1) is 10.5. The summed E-state index contributed by atoms with van der Waals surface area (Å²) in [4.78, 5) is 27.0. The Morgan fingerprint density at radius 3 is 1.59 bits per heavy atom. The molecule has 0 spiro atoms. The van der Waals surface area contributed by atoms with Crippen molar-refractivity contribution < 1.29 is 9.59 Å². The predicted octanol–water partition coefficient (Wildman–Crippen LogP) is 2.03. The number of amides is 2. The van der Waals surface area contributed by atoms with E-state index in [1.165, 1.54) is 35.1 Å². The first kappa shape index (κ1) is 16.1. The summed E-state index contributed by atoms with van der Waals surface area (Å²) in [6, 6.07) is 7.65. The molecular weight excluding hydrogens is 320 g/mol. The Bertz CT molecular complexity index is 669. The zero-order valence-corrected chi connectivity index (χ0v) is 13.6. The minimum absolute atomic E-state index is 0.871. The molecule has 8 heteroatoms. The van der Waals surface area contributed by atoms with Crippen molar-refractivity contribution in [3.63, 3.8) is 0 Å². The summed E-state index contributed by atoms with van der Waals surface area (Å²) < 4.78 is 0. The number of hydrazone groups is 2. The fourth-order valence-corrected chi connectivity index (χ4v) is 2.95. The third-order valence-electron chi connectivity index (χ3n) is 2.44. The van der Waals surface area contributed by atoms with Crippen molar-refractivity contribution in [1.82, 2.24) is 10.9 Å². The van der Waals surface area contributed by atoms with Gasteiger partial charge in [-0.1, -0.05) is 0 Å². The van der Waals surface area contributed by atoms with Crippen LogP contribution in [0.4, 0.5) is 0 Å². The Morgan fingerprint density at radius 1 is 0.864 bits per heavy atom. The molecule has 114 valence electrons. The highest BCUT2D eigenvalue weighted by Gasteiger charge is 2.11. The van der Waals surface area contributed by atoms with Gasteiger partial charge >= 0.3 is 11.8 Å². The van der Waals surface area contributed by atoms with Gasteiger partial charge in [0, 0.05) is 19.5 Å². The lowest BCUT2D eigenvalue weighted by molar-refractivity contribution is -0.139. The van der Waals surface area contributed by atoms with Crippen molar-refractivity contribution in [3.05, 3.63) is 43.8 Å². The standard InChI is InChI=1S/C14H14N4O2S2/c1-9-3-5-11(21-9)7-15-17-13(19)14(20)18-16-8-12-6-4-10(2)22-12/h3-8H,1-2H3,(H,17,19)(H,18,20). The van der Waals surface area contributed by atoms with Crippen molar-refractivity contribution in [2.24, 2.45) is 10.2 Å². The second-order valence-electron chi connectivity index (χ2n) is 4.30. The van der Waals surface area contributed by atoms with Crippen molar-refractivity contribution in [1.29, 1.82) is 0 Å². The Morgan fingerprint density at radius 2 is 1.27 bits per heavy atom. The van der Waals surface area contributed by atoms with E-state index in [1.54, 1.807) is 0 Å². The van der Waals surface area contributed by atoms with Gasteiger partial charge in [-0.3, -0.25) is 9.59 Å². The fourth-order valence-electron chi connectivity index (χ4n) is 1.46. The number of hydrogen-bond acceptors (Lipinski definition) is 6. The zero-order valence-electron chi connectivity index (χ0n) is 12.0. The summed E-state index contributed by atoms with van der Waals surface area (Å²) in [5.74, 6) is -1.74. The Balaban J connectivity index is 1.78. The average molecular weight is 334 g/mol. The minimum atomic E-state index is -0.871. The first-order valence-electron chi connectivity index (χ1n) is 6.34. The molecule has 0 aromatic carbocycles. The number of aryl methyl sites for hydroxylation is 2. The number of hydrogen-bond donors (Lipinski definition) is 2. The molecule has 2 rings (SSSR count). The number of thiophene rings is 2. The van der Waals surface area contributed by atoms with Gasteiger partial charge in [-0.2, -0.15) is 10.2 Å². The first-order valence-corrected chi connectivity index (χ1v) is 7.97. The molecule has 0 aliphatic rings. The van der Waals surface area contributed by atoms with Gasteiger partial charge in [0.15, 0.2) is 0 Å². The van der Waals surface area contributed by atoms with E-state index < -0.39 is 11.8 Å². The normalized spacial score (nSPS) is 11.2. The van der Waals surface area contributed by atoms with Crippen LogP contribution in [0.5, 0.6) is 0 Å². The Hall–Kier alpha value is -2.32. The van der Waals surface area contributed by atoms with Crippen LogP contribution >= 0.6 is 22.7 Å². The highest BCUT2D eigenvalue weighted by molar-refractivity contribution is 7.13. The highest BCUT2D eigenvalue weighted by Crippen LogP contribution is 2.12. The van der Waals surface area contributed by atoms with Crippen LogP contribution in [0.1, 0.15) is 19.5 Å². The van der Waals surface area contributed by atoms with Crippen LogP contribution in [0.15, 0.2) is 34.5 Å². The maximum atomic E-state index is 11.5. The maximum absolute atomic E-state index is 11.5. The molecule has 2 aromatic heterocycles. The molecule has 0 aliphatic heterocycles. The molecule has 0 bridgehead atoms. The van der Waals surface area contributed by atoms with Gasteiger partial charge in [0.25, 0.3) is 0 Å². The van der Waals surface area contributed by atoms with Crippen LogP contribution in [0.2, 0.25) is 0 Å². The molecule has 0 aliphatic carbocycles. The van der Waals surface area contributed by atoms with E-state index in [-0.39, 0.29) is 0 Å². The van der Waals surface area contributed by atoms with Crippen LogP contribution in [0.25, 0.3) is 0 Å². The molecule has 0 fully saturated rings. The molecular formula is C14H14N4O2S2. The summed E-state index contributed by atoms with van der Waals surface area (Å²) in [5.41, 5.74) is 4.29. The van der Waals surface area contributed by atoms with Gasteiger partial charge < -0.3 is 0 Å². The van der Waals surface area contributed by atoms with Crippen molar-refractivity contribution in [3.8, 4) is 0 Å². The number of carbonyl (C=O) groups is 2. The third kappa shape index (κ3) is 4.90. The molecule has 0 atom stereocenters. The summed E-state index contributed by atoms with van der Waals surface area (Å²) in [6.07, 6.45) is 2.97. The van der Waals surface area contributed by atoms with Gasteiger partial charge in [0.2, 0.25) is 0 Å². The van der Waals surface area contributed by atoms with Crippen LogP contribution < -0.4 is 10.9 Å². The third-order valence-corrected chi connectivity index (χ3v) is 4.31. The van der Waals surface area contributed by atoms with E-state index >= 15 is 0 Å². The summed E-state index contributed by atoms with van der Waals surface area (Å²) in [7, 11) is 0. The van der Waals surface area contributed by atoms with Gasteiger partial charge in [0.05, 0.1) is 12.4 Å². The molecule has 2 heterocycles. The molecule has 2 amide bonds. The van der Waals surface area contributed by atoms with E-state index in [2.05, 4.69) is 21.1 Å². The van der Waals surface area contributed by atoms with Gasteiger partial charge in [-0.15, -0.1) is 22.7 Å². The number of carbonyl (C=O) groups excluding carboxylic acids is 2. The molecule has 0 radical (unpaired) electrons. The molecule has 0 saturated heterocycles. The largest absolute Gasteiger partial charge is 0.331 e. The summed E-state index contributed by atoms with van der Waals surface area (Å²) in [6.45, 7) is 3.95. The van der Waals surface area contributed by atoms with E-state index in [9.17, 15) is 9.59 Å². The van der Waals surface area contributed by atoms with Gasteiger partial charge in [0.1, 0.15) is 0 Å². The molecule has 2 aromatic rings. The van der Waals surface area contributed by atoms with Crippen LogP contribution in [-0.2, 0) is 9.59 Å². The molecule has 0 saturated carbocycles. The molecule has 6 nitrogen and oxygen atoms in total.